The number of ether oxygens (including phenoxy) is 1. The molecule has 0 spiro atoms. The molecule has 3 rings (SSSR count). The molecule has 0 saturated carbocycles. The van der Waals surface area contributed by atoms with Crippen LogP contribution < -0.4 is 15.4 Å². The van der Waals surface area contributed by atoms with Gasteiger partial charge in [0.1, 0.15) is 12.1 Å². The summed E-state index contributed by atoms with van der Waals surface area (Å²) in [5, 5.41) is 14.5. The van der Waals surface area contributed by atoms with Crippen molar-refractivity contribution in [1.82, 2.24) is 25.4 Å². The zero-order valence-corrected chi connectivity index (χ0v) is 16.9. The Labute approximate surface area is 178 Å². The summed E-state index contributed by atoms with van der Waals surface area (Å²) in [6.45, 7) is 2.07. The van der Waals surface area contributed by atoms with Gasteiger partial charge in [-0.15, -0.1) is 10.2 Å². The van der Waals surface area contributed by atoms with Gasteiger partial charge >= 0.3 is 6.18 Å². The molecule has 2 aromatic carbocycles. The predicted molar refractivity (Wildman–Crippen MR) is 111 cm³/mol. The van der Waals surface area contributed by atoms with Crippen molar-refractivity contribution in [2.45, 2.75) is 26.2 Å². The monoisotopic (exact) mass is 432 g/mol. The highest BCUT2D eigenvalue weighted by molar-refractivity contribution is 5.79. The van der Waals surface area contributed by atoms with Gasteiger partial charge in [0.2, 0.25) is 0 Å². The number of alkyl halides is 3. The van der Waals surface area contributed by atoms with Crippen LogP contribution in [0.1, 0.15) is 18.3 Å². The van der Waals surface area contributed by atoms with Gasteiger partial charge in [-0.25, -0.2) is 4.99 Å². The molecule has 0 aliphatic rings. The lowest BCUT2D eigenvalue weighted by Crippen LogP contribution is -2.37. The van der Waals surface area contributed by atoms with Gasteiger partial charge in [0.05, 0.1) is 13.1 Å². The predicted octanol–water partition coefficient (Wildman–Crippen LogP) is 3.46. The van der Waals surface area contributed by atoms with Crippen LogP contribution in [0.3, 0.4) is 0 Å². The summed E-state index contributed by atoms with van der Waals surface area (Å²) in [5.41, 5.74) is 1.79. The first-order valence-corrected chi connectivity index (χ1v) is 9.69. The molecule has 31 heavy (non-hydrogen) atoms. The Morgan fingerprint density at radius 2 is 1.81 bits per heavy atom. The number of para-hydroxylation sites is 1. The van der Waals surface area contributed by atoms with Crippen LogP contribution in [0.4, 0.5) is 13.2 Å². The smallest absolute Gasteiger partial charge is 0.422 e. The number of benzene rings is 2. The second-order valence-corrected chi connectivity index (χ2v) is 6.55. The van der Waals surface area contributed by atoms with Crippen molar-refractivity contribution in [1.29, 1.82) is 0 Å². The zero-order valence-electron chi connectivity index (χ0n) is 16.9. The van der Waals surface area contributed by atoms with Crippen LogP contribution in [0, 0.1) is 0 Å². The van der Waals surface area contributed by atoms with Crippen LogP contribution in [-0.2, 0) is 13.1 Å². The van der Waals surface area contributed by atoms with E-state index in [-0.39, 0.29) is 5.75 Å². The van der Waals surface area contributed by atoms with Crippen LogP contribution >= 0.6 is 0 Å². The molecular formula is C21H23F3N6O. The molecule has 0 radical (unpaired) electrons. The Morgan fingerprint density at radius 3 is 2.48 bits per heavy atom. The maximum Gasteiger partial charge on any atom is 0.422 e. The third kappa shape index (κ3) is 7.02. The van der Waals surface area contributed by atoms with Crippen molar-refractivity contribution in [3.63, 3.8) is 0 Å². The highest BCUT2D eigenvalue weighted by atomic mass is 19.4. The molecule has 1 heterocycles. The molecular weight excluding hydrogens is 409 g/mol. The fraction of sp³-hybridized carbons (Fsp3) is 0.286. The van der Waals surface area contributed by atoms with Gasteiger partial charge in [0, 0.05) is 12.2 Å². The fourth-order valence-corrected chi connectivity index (χ4v) is 2.71. The molecule has 0 atom stereocenters. The molecule has 0 aliphatic heterocycles. The molecule has 0 aliphatic carbocycles. The largest absolute Gasteiger partial charge is 0.484 e. The number of nitrogens with one attached hydrogen (secondary N) is 2. The number of hydrogen-bond acceptors (Lipinski definition) is 4. The lowest BCUT2D eigenvalue weighted by Gasteiger charge is -2.12. The quantitative estimate of drug-likeness (QED) is 0.421. The Kier molecular flexibility index (Phi) is 7.47. The van der Waals surface area contributed by atoms with E-state index < -0.39 is 12.8 Å². The van der Waals surface area contributed by atoms with E-state index in [1.807, 2.05) is 41.8 Å². The van der Waals surface area contributed by atoms with Gasteiger partial charge in [-0.3, -0.25) is 4.57 Å². The Hall–Kier alpha value is -3.56. The zero-order chi connectivity index (χ0) is 22.1. The normalized spacial score (nSPS) is 11.9. The molecule has 0 bridgehead atoms. The van der Waals surface area contributed by atoms with Crippen LogP contribution in [0.5, 0.6) is 5.75 Å². The van der Waals surface area contributed by atoms with Crippen LogP contribution in [-0.4, -0.2) is 40.1 Å². The minimum absolute atomic E-state index is 0.162. The average molecular weight is 432 g/mol. The Balaban J connectivity index is 1.59. The molecule has 164 valence electrons. The summed E-state index contributed by atoms with van der Waals surface area (Å²) in [6, 6.07) is 16.1. The summed E-state index contributed by atoms with van der Waals surface area (Å²) >= 11 is 0. The van der Waals surface area contributed by atoms with Gasteiger partial charge in [0.25, 0.3) is 0 Å². The topological polar surface area (TPSA) is 76.4 Å². The van der Waals surface area contributed by atoms with Crippen molar-refractivity contribution in [2.75, 3.05) is 13.2 Å². The summed E-state index contributed by atoms with van der Waals surface area (Å²) in [4.78, 5) is 4.52. The summed E-state index contributed by atoms with van der Waals surface area (Å²) < 4.78 is 43.3. The number of nitrogens with zero attached hydrogens (tertiary/aromatic N) is 4. The lowest BCUT2D eigenvalue weighted by atomic mass is 10.2. The molecule has 1 aromatic heterocycles. The van der Waals surface area contributed by atoms with Crippen molar-refractivity contribution >= 4 is 5.96 Å². The third-order valence-electron chi connectivity index (χ3n) is 4.16. The minimum atomic E-state index is -4.36. The van der Waals surface area contributed by atoms with E-state index in [2.05, 4.69) is 25.8 Å². The van der Waals surface area contributed by atoms with Gasteiger partial charge in [-0.1, -0.05) is 30.3 Å². The standard InChI is InChI=1S/C21H23F3N6O/c1-2-25-20(26-12-16-8-10-18(11-9-16)31-14-21(22,23)24)27-13-19-29-28-15-30(19)17-6-4-3-5-7-17/h3-11,15H,2,12-14H2,1H3,(H2,25,26,27). The number of aliphatic imine (C=N–C) groups is 1. The van der Waals surface area contributed by atoms with Gasteiger partial charge in [-0.05, 0) is 36.8 Å². The molecule has 2 N–H and O–H groups in total. The molecule has 0 unspecified atom stereocenters. The first-order chi connectivity index (χ1) is 14.9. The summed E-state index contributed by atoms with van der Waals surface area (Å²) in [6.07, 6.45) is -2.71. The Bertz CT molecular complexity index is 971. The summed E-state index contributed by atoms with van der Waals surface area (Å²) in [7, 11) is 0. The van der Waals surface area contributed by atoms with Crippen LogP contribution in [0.15, 0.2) is 65.9 Å². The lowest BCUT2D eigenvalue weighted by molar-refractivity contribution is -0.153. The number of halogens is 3. The number of aromatic nitrogens is 3. The first-order valence-electron chi connectivity index (χ1n) is 9.69. The van der Waals surface area contributed by atoms with E-state index >= 15 is 0 Å². The maximum atomic E-state index is 12.2. The highest BCUT2D eigenvalue weighted by Gasteiger charge is 2.28. The Morgan fingerprint density at radius 1 is 1.06 bits per heavy atom. The van der Waals surface area contributed by atoms with E-state index in [0.29, 0.717) is 25.6 Å². The van der Waals surface area contributed by atoms with E-state index in [0.717, 1.165) is 17.1 Å². The number of rotatable bonds is 8. The van der Waals surface area contributed by atoms with Crippen LogP contribution in [0.2, 0.25) is 0 Å². The third-order valence-corrected chi connectivity index (χ3v) is 4.16. The SMILES string of the molecule is CCNC(=NCc1ccc(OCC(F)(F)F)cc1)NCc1nncn1-c1ccccc1. The number of guanidine groups is 1. The van der Waals surface area contributed by atoms with Gasteiger partial charge in [-0.2, -0.15) is 13.2 Å². The molecule has 7 nitrogen and oxygen atoms in total. The highest BCUT2D eigenvalue weighted by Crippen LogP contribution is 2.19. The maximum absolute atomic E-state index is 12.2. The van der Waals surface area contributed by atoms with E-state index in [1.165, 1.54) is 12.1 Å². The van der Waals surface area contributed by atoms with Gasteiger partial charge < -0.3 is 15.4 Å². The molecule has 0 amide bonds. The van der Waals surface area contributed by atoms with Crippen molar-refractivity contribution < 1.29 is 17.9 Å². The molecule has 0 fully saturated rings. The minimum Gasteiger partial charge on any atom is -0.484 e. The average Bonchev–Trinajstić information content (AvgIpc) is 3.24. The van der Waals surface area contributed by atoms with E-state index in [1.54, 1.807) is 18.5 Å². The second kappa shape index (κ2) is 10.5. The fourth-order valence-electron chi connectivity index (χ4n) is 2.71. The molecule has 10 heteroatoms. The van der Waals surface area contributed by atoms with Crippen LogP contribution in [0.25, 0.3) is 5.69 Å². The van der Waals surface area contributed by atoms with Crippen molar-refractivity contribution in [2.24, 2.45) is 4.99 Å². The molecule has 3 aromatic rings. The summed E-state index contributed by atoms with van der Waals surface area (Å²) in [5.74, 6) is 1.47. The molecule has 0 saturated heterocycles. The van der Waals surface area contributed by atoms with Crippen molar-refractivity contribution in [3.05, 3.63) is 72.3 Å². The second-order valence-electron chi connectivity index (χ2n) is 6.55. The van der Waals surface area contributed by atoms with E-state index in [4.69, 9.17) is 4.74 Å². The first kappa shape index (κ1) is 22.1. The number of hydrogen-bond donors (Lipinski definition) is 2. The van der Waals surface area contributed by atoms with Gasteiger partial charge in [0.15, 0.2) is 18.4 Å². The van der Waals surface area contributed by atoms with E-state index in [9.17, 15) is 13.2 Å². The van der Waals surface area contributed by atoms with Crippen molar-refractivity contribution in [3.8, 4) is 11.4 Å².